The summed E-state index contributed by atoms with van der Waals surface area (Å²) in [5.74, 6) is 0. The minimum Gasteiger partial charge on any atom is -0.378 e. The van der Waals surface area contributed by atoms with Crippen LogP contribution in [0.15, 0.2) is 18.5 Å². The van der Waals surface area contributed by atoms with Crippen molar-refractivity contribution in [1.82, 2.24) is 10.3 Å². The Morgan fingerprint density at radius 2 is 2.39 bits per heavy atom. The molecule has 100 valence electrons. The maximum absolute atomic E-state index is 5.77. The van der Waals surface area contributed by atoms with Crippen molar-refractivity contribution in [1.29, 1.82) is 0 Å². The van der Waals surface area contributed by atoms with E-state index in [-0.39, 0.29) is 0 Å². The summed E-state index contributed by atoms with van der Waals surface area (Å²) in [6, 6.07) is 2.66. The molecule has 0 aromatic carbocycles. The summed E-state index contributed by atoms with van der Waals surface area (Å²) in [5.41, 5.74) is 2.62. The van der Waals surface area contributed by atoms with E-state index in [1.165, 1.54) is 24.0 Å². The minimum absolute atomic E-state index is 0.455. The average molecular weight is 248 g/mol. The molecule has 0 radical (unpaired) electrons. The van der Waals surface area contributed by atoms with Gasteiger partial charge in [0, 0.05) is 31.6 Å². The Balaban J connectivity index is 1.81. The predicted octanol–water partition coefficient (Wildman–Crippen LogP) is 2.83. The number of pyridine rings is 1. The molecule has 2 atom stereocenters. The van der Waals surface area contributed by atoms with Gasteiger partial charge in [-0.2, -0.15) is 0 Å². The normalized spacial score (nSPS) is 24.1. The van der Waals surface area contributed by atoms with E-state index in [0.29, 0.717) is 12.1 Å². The highest BCUT2D eigenvalue weighted by atomic mass is 16.5. The molecule has 1 aromatic rings. The number of rotatable bonds is 5. The lowest BCUT2D eigenvalue weighted by Gasteiger charge is -2.30. The van der Waals surface area contributed by atoms with Crippen LogP contribution < -0.4 is 5.32 Å². The number of nitrogens with zero attached hydrogens (tertiary/aromatic N) is 1. The van der Waals surface area contributed by atoms with Gasteiger partial charge in [-0.25, -0.2) is 0 Å². The lowest BCUT2D eigenvalue weighted by atomic mass is 10.00. The van der Waals surface area contributed by atoms with E-state index in [2.05, 4.69) is 30.2 Å². The smallest absolute Gasteiger partial charge is 0.0589 e. The van der Waals surface area contributed by atoms with Crippen LogP contribution in [-0.4, -0.2) is 23.7 Å². The van der Waals surface area contributed by atoms with Gasteiger partial charge in [-0.15, -0.1) is 0 Å². The van der Waals surface area contributed by atoms with E-state index >= 15 is 0 Å². The largest absolute Gasteiger partial charge is 0.378 e. The molecule has 2 rings (SSSR count). The molecule has 1 aliphatic heterocycles. The van der Waals surface area contributed by atoms with Gasteiger partial charge in [0.15, 0.2) is 0 Å². The van der Waals surface area contributed by atoms with Crippen LogP contribution in [0, 0.1) is 6.92 Å². The Labute approximate surface area is 110 Å². The maximum atomic E-state index is 5.77. The maximum Gasteiger partial charge on any atom is 0.0589 e. The summed E-state index contributed by atoms with van der Waals surface area (Å²) >= 11 is 0. The summed E-state index contributed by atoms with van der Waals surface area (Å²) in [6.45, 7) is 6.18. The fourth-order valence-electron chi connectivity index (χ4n) is 2.52. The second kappa shape index (κ2) is 6.86. The fourth-order valence-corrected chi connectivity index (χ4v) is 2.52. The van der Waals surface area contributed by atoms with Crippen LogP contribution in [0.25, 0.3) is 0 Å². The molecular weight excluding hydrogens is 224 g/mol. The molecular formula is C15H24N2O. The van der Waals surface area contributed by atoms with E-state index in [0.717, 1.165) is 26.0 Å². The molecule has 1 aliphatic rings. The minimum atomic E-state index is 0.455. The first kappa shape index (κ1) is 13.5. The molecule has 2 heterocycles. The Hall–Kier alpha value is -0.930. The number of hydrogen-bond donors (Lipinski definition) is 1. The molecule has 2 unspecified atom stereocenters. The highest BCUT2D eigenvalue weighted by molar-refractivity contribution is 5.21. The van der Waals surface area contributed by atoms with E-state index in [1.54, 1.807) is 0 Å². The van der Waals surface area contributed by atoms with Crippen LogP contribution in [0.4, 0.5) is 0 Å². The number of aromatic nitrogens is 1. The monoisotopic (exact) mass is 248 g/mol. The summed E-state index contributed by atoms with van der Waals surface area (Å²) in [7, 11) is 0. The lowest BCUT2D eigenvalue weighted by molar-refractivity contribution is -0.00343. The zero-order valence-electron chi connectivity index (χ0n) is 11.5. The molecule has 3 nitrogen and oxygen atoms in total. The first-order valence-electron chi connectivity index (χ1n) is 7.04. The van der Waals surface area contributed by atoms with E-state index in [1.807, 2.05) is 12.4 Å². The van der Waals surface area contributed by atoms with Crippen molar-refractivity contribution >= 4 is 0 Å². The third-order valence-electron chi connectivity index (χ3n) is 3.71. The molecule has 0 bridgehead atoms. The third-order valence-corrected chi connectivity index (χ3v) is 3.71. The van der Waals surface area contributed by atoms with Gasteiger partial charge >= 0.3 is 0 Å². The highest BCUT2D eigenvalue weighted by Crippen LogP contribution is 2.18. The molecule has 0 spiro atoms. The van der Waals surface area contributed by atoms with Crippen molar-refractivity contribution in [3.05, 3.63) is 29.6 Å². The van der Waals surface area contributed by atoms with Crippen LogP contribution in [-0.2, 0) is 11.3 Å². The van der Waals surface area contributed by atoms with Gasteiger partial charge in [0.2, 0.25) is 0 Å². The van der Waals surface area contributed by atoms with Crippen molar-refractivity contribution in [2.24, 2.45) is 0 Å². The van der Waals surface area contributed by atoms with Crippen LogP contribution in [0.5, 0.6) is 0 Å². The van der Waals surface area contributed by atoms with Crippen LogP contribution >= 0.6 is 0 Å². The highest BCUT2D eigenvalue weighted by Gasteiger charge is 2.21. The first-order valence-corrected chi connectivity index (χ1v) is 7.04. The van der Waals surface area contributed by atoms with Crippen molar-refractivity contribution in [2.45, 2.75) is 58.2 Å². The molecule has 1 aromatic heterocycles. The van der Waals surface area contributed by atoms with E-state index < -0.39 is 0 Å². The molecule has 0 saturated carbocycles. The van der Waals surface area contributed by atoms with Crippen LogP contribution in [0.2, 0.25) is 0 Å². The predicted molar refractivity (Wildman–Crippen MR) is 73.5 cm³/mol. The van der Waals surface area contributed by atoms with Gasteiger partial charge in [-0.1, -0.05) is 13.3 Å². The first-order chi connectivity index (χ1) is 8.79. The van der Waals surface area contributed by atoms with Gasteiger partial charge in [0.05, 0.1) is 6.10 Å². The molecule has 1 saturated heterocycles. The number of nitrogens with one attached hydrogen (secondary N) is 1. The zero-order valence-corrected chi connectivity index (χ0v) is 11.5. The Morgan fingerprint density at radius 3 is 3.17 bits per heavy atom. The molecule has 3 heteroatoms. The average Bonchev–Trinajstić information content (AvgIpc) is 2.39. The van der Waals surface area contributed by atoms with Gasteiger partial charge in [-0.05, 0) is 43.4 Å². The quantitative estimate of drug-likeness (QED) is 0.870. The summed E-state index contributed by atoms with van der Waals surface area (Å²) in [6.07, 6.45) is 8.93. The van der Waals surface area contributed by atoms with E-state index in [9.17, 15) is 0 Å². The lowest BCUT2D eigenvalue weighted by Crippen LogP contribution is -2.38. The number of ether oxygens (including phenoxy) is 1. The van der Waals surface area contributed by atoms with Crippen molar-refractivity contribution in [2.75, 3.05) is 6.61 Å². The standard InChI is InChI=1S/C15H24N2O/c1-3-4-15-9-14(6-8-18-15)17-11-13-10-16-7-5-12(13)2/h5,7,10,14-15,17H,3-4,6,8-9,11H2,1-2H3. The Kier molecular flexibility index (Phi) is 5.14. The summed E-state index contributed by atoms with van der Waals surface area (Å²) in [4.78, 5) is 4.19. The van der Waals surface area contributed by atoms with E-state index in [4.69, 9.17) is 4.74 Å². The molecule has 0 aliphatic carbocycles. The zero-order chi connectivity index (χ0) is 12.8. The van der Waals surface area contributed by atoms with Gasteiger partial charge < -0.3 is 10.1 Å². The van der Waals surface area contributed by atoms with Crippen molar-refractivity contribution in [3.63, 3.8) is 0 Å². The topological polar surface area (TPSA) is 34.2 Å². The number of aryl methyl sites for hydroxylation is 1. The molecule has 18 heavy (non-hydrogen) atoms. The molecule has 1 fully saturated rings. The summed E-state index contributed by atoms with van der Waals surface area (Å²) < 4.78 is 5.77. The molecule has 1 N–H and O–H groups in total. The number of hydrogen-bond acceptors (Lipinski definition) is 3. The Morgan fingerprint density at radius 1 is 1.50 bits per heavy atom. The second-order valence-corrected chi connectivity index (χ2v) is 5.19. The van der Waals surface area contributed by atoms with Crippen molar-refractivity contribution in [3.8, 4) is 0 Å². The van der Waals surface area contributed by atoms with Gasteiger partial charge in [-0.3, -0.25) is 4.98 Å². The second-order valence-electron chi connectivity index (χ2n) is 5.19. The van der Waals surface area contributed by atoms with Crippen LogP contribution in [0.3, 0.4) is 0 Å². The van der Waals surface area contributed by atoms with Gasteiger partial charge in [0.25, 0.3) is 0 Å². The summed E-state index contributed by atoms with van der Waals surface area (Å²) in [5, 5.41) is 3.65. The third kappa shape index (κ3) is 3.79. The van der Waals surface area contributed by atoms with Crippen LogP contribution in [0.1, 0.15) is 43.7 Å². The fraction of sp³-hybridized carbons (Fsp3) is 0.667. The Bertz CT molecular complexity index is 365. The SMILES string of the molecule is CCCC1CC(NCc2cnccc2C)CCO1. The van der Waals surface area contributed by atoms with Gasteiger partial charge in [0.1, 0.15) is 0 Å². The van der Waals surface area contributed by atoms with Crippen molar-refractivity contribution < 1.29 is 4.74 Å². The molecule has 0 amide bonds.